The Morgan fingerprint density at radius 1 is 1.43 bits per heavy atom. The van der Waals surface area contributed by atoms with E-state index in [2.05, 4.69) is 16.4 Å². The SMILES string of the molecule is C/C(CNC(=O)O[PH](C)(C)C)=N\c1ccc(C#N)cc1C. The molecule has 0 fully saturated rings. The molecule has 0 radical (unpaired) electrons. The summed E-state index contributed by atoms with van der Waals surface area (Å²) in [4.78, 5) is 16.0. The number of nitrogens with zero attached hydrogens (tertiary/aromatic N) is 2. The summed E-state index contributed by atoms with van der Waals surface area (Å²) in [6, 6.07) is 7.41. The molecule has 21 heavy (non-hydrogen) atoms. The van der Waals surface area contributed by atoms with Crippen LogP contribution >= 0.6 is 7.49 Å². The Kier molecular flexibility index (Phi) is 5.87. The molecule has 0 saturated heterocycles. The summed E-state index contributed by atoms with van der Waals surface area (Å²) in [6.07, 6.45) is -0.403. The van der Waals surface area contributed by atoms with Crippen molar-refractivity contribution in [3.8, 4) is 6.07 Å². The molecule has 0 aromatic heterocycles. The van der Waals surface area contributed by atoms with Gasteiger partial charge in [-0.3, -0.25) is 0 Å². The van der Waals surface area contributed by atoms with Crippen LogP contribution in [-0.4, -0.2) is 38.3 Å². The number of carbonyl (C=O) groups excluding carboxylic acids is 1. The van der Waals surface area contributed by atoms with Gasteiger partial charge in [-0.15, -0.1) is 0 Å². The van der Waals surface area contributed by atoms with E-state index in [-0.39, 0.29) is 0 Å². The fourth-order valence-corrected chi connectivity index (χ4v) is 2.24. The molecular formula is C15H22N3O2P. The maximum atomic E-state index is 11.6. The topological polar surface area (TPSA) is 74.5 Å². The van der Waals surface area contributed by atoms with Gasteiger partial charge in [0.15, 0.2) is 0 Å². The van der Waals surface area contributed by atoms with Gasteiger partial charge in [0.2, 0.25) is 0 Å². The molecule has 6 heteroatoms. The van der Waals surface area contributed by atoms with E-state index in [0.717, 1.165) is 17.0 Å². The van der Waals surface area contributed by atoms with Crippen molar-refractivity contribution in [3.63, 3.8) is 0 Å². The molecule has 1 aromatic rings. The third kappa shape index (κ3) is 6.37. The van der Waals surface area contributed by atoms with Gasteiger partial charge < -0.3 is 0 Å². The van der Waals surface area contributed by atoms with Gasteiger partial charge in [-0.25, -0.2) is 0 Å². The first-order chi connectivity index (χ1) is 9.71. The zero-order valence-electron chi connectivity index (χ0n) is 13.2. The molecular weight excluding hydrogens is 285 g/mol. The molecule has 1 aromatic carbocycles. The molecule has 0 atom stereocenters. The number of aryl methyl sites for hydroxylation is 1. The fourth-order valence-electron chi connectivity index (χ4n) is 1.61. The summed E-state index contributed by atoms with van der Waals surface area (Å²) in [5, 5.41) is 11.5. The first-order valence-corrected chi connectivity index (χ1v) is 10.1. The molecule has 0 spiro atoms. The molecule has 1 N–H and O–H groups in total. The third-order valence-electron chi connectivity index (χ3n) is 2.52. The second-order valence-electron chi connectivity index (χ2n) is 5.82. The van der Waals surface area contributed by atoms with Crippen LogP contribution in [-0.2, 0) is 4.52 Å². The number of benzene rings is 1. The van der Waals surface area contributed by atoms with Gasteiger partial charge in [0.1, 0.15) is 0 Å². The van der Waals surface area contributed by atoms with Crippen LogP contribution in [0.15, 0.2) is 23.2 Å². The molecule has 0 bridgehead atoms. The standard InChI is InChI=1S/C15H22N3O2P/c1-11-8-13(9-16)6-7-14(11)18-12(2)10-17-15(19)20-21(3,4)5/h6-8,21H,10H2,1-5H3,(H,17,19)/b18-12+. The Morgan fingerprint density at radius 2 is 2.10 bits per heavy atom. The van der Waals surface area contributed by atoms with E-state index in [9.17, 15) is 4.79 Å². The van der Waals surface area contributed by atoms with Crippen molar-refractivity contribution in [3.05, 3.63) is 29.3 Å². The average molecular weight is 307 g/mol. The maximum absolute atomic E-state index is 11.6. The zero-order chi connectivity index (χ0) is 16.0. The quantitative estimate of drug-likeness (QED) is 0.685. The van der Waals surface area contributed by atoms with E-state index in [1.54, 1.807) is 18.2 Å². The fraction of sp³-hybridized carbons (Fsp3) is 0.400. The number of nitriles is 1. The van der Waals surface area contributed by atoms with Crippen molar-refractivity contribution in [2.45, 2.75) is 13.8 Å². The molecule has 1 rings (SSSR count). The molecule has 5 nitrogen and oxygen atoms in total. The molecule has 0 heterocycles. The number of nitrogens with one attached hydrogen (secondary N) is 1. The number of carbonyl (C=O) groups is 1. The summed E-state index contributed by atoms with van der Waals surface area (Å²) in [7, 11) is -1.87. The van der Waals surface area contributed by atoms with Crippen LogP contribution in [0.2, 0.25) is 0 Å². The van der Waals surface area contributed by atoms with E-state index in [1.165, 1.54) is 0 Å². The molecule has 0 aliphatic heterocycles. The number of hydrogen-bond acceptors (Lipinski definition) is 4. The number of amides is 1. The van der Waals surface area contributed by atoms with Gasteiger partial charge in [-0.1, -0.05) is 0 Å². The summed E-state index contributed by atoms with van der Waals surface area (Å²) in [6.45, 7) is 9.93. The van der Waals surface area contributed by atoms with Gasteiger partial charge in [0, 0.05) is 0 Å². The Morgan fingerprint density at radius 3 is 2.62 bits per heavy atom. The van der Waals surface area contributed by atoms with Crippen molar-refractivity contribution < 1.29 is 9.32 Å². The van der Waals surface area contributed by atoms with E-state index < -0.39 is 13.6 Å². The third-order valence-corrected chi connectivity index (χ3v) is 3.32. The summed E-state index contributed by atoms with van der Waals surface area (Å²) < 4.78 is 5.29. The second kappa shape index (κ2) is 7.19. The van der Waals surface area contributed by atoms with Gasteiger partial charge in [0.25, 0.3) is 0 Å². The molecule has 0 saturated carbocycles. The van der Waals surface area contributed by atoms with Crippen molar-refractivity contribution >= 4 is 25.0 Å². The molecule has 1 amide bonds. The van der Waals surface area contributed by atoms with Gasteiger partial charge in [0.05, 0.1) is 0 Å². The number of rotatable bonds is 4. The van der Waals surface area contributed by atoms with E-state index in [0.29, 0.717) is 12.1 Å². The minimum atomic E-state index is -1.87. The van der Waals surface area contributed by atoms with Crippen molar-refractivity contribution in [2.75, 3.05) is 26.5 Å². The number of hydrogen-bond donors (Lipinski definition) is 1. The van der Waals surface area contributed by atoms with Crippen LogP contribution in [0.25, 0.3) is 0 Å². The van der Waals surface area contributed by atoms with Gasteiger partial charge in [-0.05, 0) is 0 Å². The molecule has 0 aliphatic rings. The van der Waals surface area contributed by atoms with Crippen LogP contribution < -0.4 is 5.32 Å². The Bertz CT molecular complexity index is 598. The minimum absolute atomic E-state index is 0.336. The van der Waals surface area contributed by atoms with Crippen molar-refractivity contribution in [1.29, 1.82) is 5.26 Å². The summed E-state index contributed by atoms with van der Waals surface area (Å²) in [5.41, 5.74) is 3.11. The van der Waals surface area contributed by atoms with E-state index in [1.807, 2.05) is 33.8 Å². The Labute approximate surface area is 126 Å². The van der Waals surface area contributed by atoms with E-state index in [4.69, 9.17) is 9.79 Å². The first kappa shape index (κ1) is 17.1. The molecule has 114 valence electrons. The predicted octanol–water partition coefficient (Wildman–Crippen LogP) is 3.24. The Hall–Kier alpha value is -1.92. The molecule has 0 unspecified atom stereocenters. The zero-order valence-corrected chi connectivity index (χ0v) is 14.2. The first-order valence-electron chi connectivity index (χ1n) is 6.73. The van der Waals surface area contributed by atoms with Crippen LogP contribution in [0.5, 0.6) is 0 Å². The van der Waals surface area contributed by atoms with Gasteiger partial charge >= 0.3 is 126 Å². The van der Waals surface area contributed by atoms with Crippen LogP contribution in [0.4, 0.5) is 10.5 Å². The molecule has 0 aliphatic carbocycles. The van der Waals surface area contributed by atoms with E-state index >= 15 is 0 Å². The normalized spacial score (nSPS) is 12.5. The van der Waals surface area contributed by atoms with Gasteiger partial charge in [-0.2, -0.15) is 0 Å². The Balaban J connectivity index is 2.66. The summed E-state index contributed by atoms with van der Waals surface area (Å²) in [5.74, 6) is 0. The number of aliphatic imine (C=N–C) groups is 1. The summed E-state index contributed by atoms with van der Waals surface area (Å²) >= 11 is 0. The van der Waals surface area contributed by atoms with Crippen molar-refractivity contribution in [1.82, 2.24) is 5.32 Å². The van der Waals surface area contributed by atoms with Crippen LogP contribution in [0.3, 0.4) is 0 Å². The second-order valence-corrected chi connectivity index (χ2v) is 10.2. The monoisotopic (exact) mass is 307 g/mol. The average Bonchev–Trinajstić information content (AvgIpc) is 2.37. The van der Waals surface area contributed by atoms with Crippen LogP contribution in [0, 0.1) is 18.3 Å². The van der Waals surface area contributed by atoms with Crippen LogP contribution in [0.1, 0.15) is 18.1 Å². The predicted molar refractivity (Wildman–Crippen MR) is 89.2 cm³/mol. The van der Waals surface area contributed by atoms with Crippen molar-refractivity contribution in [2.24, 2.45) is 4.99 Å².